The van der Waals surface area contributed by atoms with E-state index < -0.39 is 0 Å². The normalized spacial score (nSPS) is 11.0. The molecular formula is C20H22FN3O. The molecule has 0 atom stereocenters. The van der Waals surface area contributed by atoms with Gasteiger partial charge in [-0.05, 0) is 61.2 Å². The first kappa shape index (κ1) is 17.1. The van der Waals surface area contributed by atoms with E-state index in [9.17, 15) is 9.18 Å². The summed E-state index contributed by atoms with van der Waals surface area (Å²) in [5, 5.41) is 2.81. The van der Waals surface area contributed by atoms with Gasteiger partial charge in [0.1, 0.15) is 11.6 Å². The van der Waals surface area contributed by atoms with Gasteiger partial charge in [-0.15, -0.1) is 0 Å². The molecule has 0 spiro atoms. The van der Waals surface area contributed by atoms with Crippen LogP contribution >= 0.6 is 0 Å². The van der Waals surface area contributed by atoms with Crippen molar-refractivity contribution in [2.75, 3.05) is 5.32 Å². The molecule has 1 aromatic heterocycles. The van der Waals surface area contributed by atoms with Crippen molar-refractivity contribution in [3.63, 3.8) is 0 Å². The number of H-pyrrole nitrogens is 1. The highest BCUT2D eigenvalue weighted by Crippen LogP contribution is 2.17. The fraction of sp³-hybridized carbons (Fsp3) is 0.300. The number of rotatable bonds is 6. The number of carbonyl (C=O) groups excluding carboxylic acids is 1. The van der Waals surface area contributed by atoms with Gasteiger partial charge in [-0.25, -0.2) is 9.37 Å². The van der Waals surface area contributed by atoms with Gasteiger partial charge in [0.05, 0.1) is 11.0 Å². The Morgan fingerprint density at radius 3 is 2.80 bits per heavy atom. The monoisotopic (exact) mass is 339 g/mol. The average molecular weight is 339 g/mol. The highest BCUT2D eigenvalue weighted by molar-refractivity contribution is 5.91. The fourth-order valence-corrected chi connectivity index (χ4v) is 2.82. The number of fused-ring (bicyclic) bond motifs is 1. The van der Waals surface area contributed by atoms with Crippen molar-refractivity contribution in [3.8, 4) is 0 Å². The van der Waals surface area contributed by atoms with Gasteiger partial charge in [-0.3, -0.25) is 4.79 Å². The molecule has 0 saturated carbocycles. The van der Waals surface area contributed by atoms with Crippen LogP contribution in [0.5, 0.6) is 0 Å². The van der Waals surface area contributed by atoms with Crippen LogP contribution in [0.1, 0.15) is 36.7 Å². The van der Waals surface area contributed by atoms with E-state index in [4.69, 9.17) is 0 Å². The molecule has 0 aliphatic heterocycles. The molecule has 2 N–H and O–H groups in total. The molecule has 0 fully saturated rings. The maximum Gasteiger partial charge on any atom is 0.224 e. The number of nitrogens with one attached hydrogen (secondary N) is 2. The van der Waals surface area contributed by atoms with Crippen LogP contribution in [-0.2, 0) is 17.6 Å². The summed E-state index contributed by atoms with van der Waals surface area (Å²) in [5.74, 6) is 0.648. The predicted octanol–water partition coefficient (Wildman–Crippen LogP) is 4.53. The molecule has 130 valence electrons. The molecular weight excluding hydrogens is 317 g/mol. The molecule has 0 aliphatic rings. The maximum absolute atomic E-state index is 13.3. The van der Waals surface area contributed by atoms with Gasteiger partial charge in [0.2, 0.25) is 5.91 Å². The number of hydrogen-bond acceptors (Lipinski definition) is 2. The Labute approximate surface area is 146 Å². The number of aromatic nitrogens is 2. The Hall–Kier alpha value is -2.69. The summed E-state index contributed by atoms with van der Waals surface area (Å²) in [5.41, 5.74) is 4.20. The Morgan fingerprint density at radius 1 is 1.20 bits per heavy atom. The number of aryl methyl sites for hydroxylation is 3. The van der Waals surface area contributed by atoms with Gasteiger partial charge in [0.25, 0.3) is 0 Å². The molecule has 1 amide bonds. The number of hydrogen-bond donors (Lipinski definition) is 2. The van der Waals surface area contributed by atoms with Crippen LogP contribution in [0.15, 0.2) is 36.4 Å². The lowest BCUT2D eigenvalue weighted by molar-refractivity contribution is -0.116. The Morgan fingerprint density at radius 2 is 2.04 bits per heavy atom. The van der Waals surface area contributed by atoms with Gasteiger partial charge in [-0.2, -0.15) is 0 Å². The number of benzene rings is 2. The van der Waals surface area contributed by atoms with Crippen LogP contribution in [-0.4, -0.2) is 15.9 Å². The van der Waals surface area contributed by atoms with Crippen molar-refractivity contribution < 1.29 is 9.18 Å². The Balaban J connectivity index is 1.61. The summed E-state index contributed by atoms with van der Waals surface area (Å²) >= 11 is 0. The van der Waals surface area contributed by atoms with Crippen molar-refractivity contribution in [2.24, 2.45) is 0 Å². The van der Waals surface area contributed by atoms with E-state index in [-0.39, 0.29) is 11.7 Å². The van der Waals surface area contributed by atoms with Crippen LogP contribution < -0.4 is 5.32 Å². The highest BCUT2D eigenvalue weighted by atomic mass is 19.1. The molecule has 0 bridgehead atoms. The van der Waals surface area contributed by atoms with E-state index in [0.29, 0.717) is 24.1 Å². The van der Waals surface area contributed by atoms with Crippen molar-refractivity contribution in [1.29, 1.82) is 0 Å². The first-order valence-corrected chi connectivity index (χ1v) is 8.58. The van der Waals surface area contributed by atoms with Gasteiger partial charge < -0.3 is 10.3 Å². The molecule has 4 nitrogen and oxygen atoms in total. The minimum atomic E-state index is -0.270. The largest absolute Gasteiger partial charge is 0.342 e. The molecule has 3 aromatic rings. The van der Waals surface area contributed by atoms with E-state index in [2.05, 4.69) is 28.3 Å². The van der Waals surface area contributed by atoms with Gasteiger partial charge in [0, 0.05) is 18.5 Å². The van der Waals surface area contributed by atoms with Crippen LogP contribution in [0, 0.1) is 12.7 Å². The second-order valence-corrected chi connectivity index (χ2v) is 6.30. The molecule has 3 rings (SSSR count). The first-order valence-electron chi connectivity index (χ1n) is 8.58. The summed E-state index contributed by atoms with van der Waals surface area (Å²) in [6.07, 6.45) is 3.00. The molecule has 25 heavy (non-hydrogen) atoms. The van der Waals surface area contributed by atoms with E-state index in [0.717, 1.165) is 35.3 Å². The molecule has 0 unspecified atom stereocenters. The summed E-state index contributed by atoms with van der Waals surface area (Å²) < 4.78 is 13.3. The van der Waals surface area contributed by atoms with E-state index >= 15 is 0 Å². The lowest BCUT2D eigenvalue weighted by atomic mass is 10.1. The van der Waals surface area contributed by atoms with Crippen LogP contribution in [0.4, 0.5) is 10.1 Å². The van der Waals surface area contributed by atoms with Gasteiger partial charge in [0.15, 0.2) is 0 Å². The van der Waals surface area contributed by atoms with Crippen molar-refractivity contribution in [3.05, 3.63) is 59.2 Å². The molecule has 0 aliphatic carbocycles. The number of amides is 1. The summed E-state index contributed by atoms with van der Waals surface area (Å²) in [6, 6.07) is 10.6. The van der Waals surface area contributed by atoms with Crippen molar-refractivity contribution in [1.82, 2.24) is 9.97 Å². The zero-order valence-corrected chi connectivity index (χ0v) is 14.5. The zero-order chi connectivity index (χ0) is 17.8. The quantitative estimate of drug-likeness (QED) is 0.693. The average Bonchev–Trinajstić information content (AvgIpc) is 2.98. The SMILES string of the molecule is CCCc1nc2ccc(CCC(=O)Nc3ccc(F)c(C)c3)cc2[nH]1. The maximum atomic E-state index is 13.3. The van der Waals surface area contributed by atoms with E-state index in [1.807, 2.05) is 12.1 Å². The number of carbonyl (C=O) groups is 1. The summed E-state index contributed by atoms with van der Waals surface area (Å²) in [7, 11) is 0. The third-order valence-electron chi connectivity index (χ3n) is 4.16. The zero-order valence-electron chi connectivity index (χ0n) is 14.5. The van der Waals surface area contributed by atoms with Crippen LogP contribution in [0.2, 0.25) is 0 Å². The Kier molecular flexibility index (Phi) is 5.12. The van der Waals surface area contributed by atoms with Crippen LogP contribution in [0.3, 0.4) is 0 Å². The molecule has 2 aromatic carbocycles. The minimum Gasteiger partial charge on any atom is -0.342 e. The third-order valence-corrected chi connectivity index (χ3v) is 4.16. The van der Waals surface area contributed by atoms with Gasteiger partial charge in [-0.1, -0.05) is 13.0 Å². The predicted molar refractivity (Wildman–Crippen MR) is 98.2 cm³/mol. The third kappa shape index (κ3) is 4.24. The number of aromatic amines is 1. The lowest BCUT2D eigenvalue weighted by Gasteiger charge is -2.07. The van der Waals surface area contributed by atoms with E-state index in [1.165, 1.54) is 6.07 Å². The Bertz CT molecular complexity index is 901. The topological polar surface area (TPSA) is 57.8 Å². The lowest BCUT2D eigenvalue weighted by Crippen LogP contribution is -2.12. The summed E-state index contributed by atoms with van der Waals surface area (Å²) in [4.78, 5) is 20.0. The minimum absolute atomic E-state index is 0.0811. The van der Waals surface area contributed by atoms with Gasteiger partial charge >= 0.3 is 0 Å². The fourth-order valence-electron chi connectivity index (χ4n) is 2.82. The molecule has 5 heteroatoms. The molecule has 1 heterocycles. The number of halogens is 1. The van der Waals surface area contributed by atoms with Crippen LogP contribution in [0.25, 0.3) is 11.0 Å². The standard InChI is InChI=1S/C20H22FN3O/c1-3-4-19-23-17-9-5-14(12-18(17)24-19)6-10-20(25)22-15-7-8-16(21)13(2)11-15/h5,7-9,11-12H,3-4,6,10H2,1-2H3,(H,22,25)(H,23,24). The first-order chi connectivity index (χ1) is 12.0. The second-order valence-electron chi connectivity index (χ2n) is 6.30. The van der Waals surface area contributed by atoms with E-state index in [1.54, 1.807) is 19.1 Å². The van der Waals surface area contributed by atoms with Crippen molar-refractivity contribution >= 4 is 22.6 Å². The highest BCUT2D eigenvalue weighted by Gasteiger charge is 2.07. The second kappa shape index (κ2) is 7.47. The molecule has 0 radical (unpaired) electrons. The smallest absolute Gasteiger partial charge is 0.224 e. The number of nitrogens with zero attached hydrogens (tertiary/aromatic N) is 1. The number of imidazole rings is 1. The van der Waals surface area contributed by atoms with Crippen molar-refractivity contribution in [2.45, 2.75) is 39.5 Å². The molecule has 0 saturated heterocycles. The number of anilines is 1. The summed E-state index contributed by atoms with van der Waals surface area (Å²) in [6.45, 7) is 3.80.